The lowest BCUT2D eigenvalue weighted by Crippen LogP contribution is -2.38. The van der Waals surface area contributed by atoms with Crippen LogP contribution in [0.15, 0.2) is 30.3 Å². The molecular formula is C15H23NOS. The van der Waals surface area contributed by atoms with Crippen molar-refractivity contribution in [2.75, 3.05) is 6.54 Å². The van der Waals surface area contributed by atoms with E-state index in [0.29, 0.717) is 17.0 Å². The van der Waals surface area contributed by atoms with Crippen molar-refractivity contribution in [3.05, 3.63) is 35.9 Å². The predicted molar refractivity (Wildman–Crippen MR) is 78.0 cm³/mol. The Bertz CT molecular complexity index is 379. The second-order valence-corrected chi connectivity index (χ2v) is 6.70. The van der Waals surface area contributed by atoms with Gasteiger partial charge in [0, 0.05) is 22.6 Å². The minimum absolute atomic E-state index is 0.344. The van der Waals surface area contributed by atoms with E-state index in [1.165, 1.54) is 18.4 Å². The third-order valence-electron chi connectivity index (χ3n) is 3.60. The van der Waals surface area contributed by atoms with Crippen molar-refractivity contribution in [2.24, 2.45) is 0 Å². The molecule has 0 saturated heterocycles. The SMILES string of the molecule is CCCNC1CCCC1S(=O)Cc1ccccc1. The van der Waals surface area contributed by atoms with Gasteiger partial charge in [0.2, 0.25) is 0 Å². The Balaban J connectivity index is 1.91. The molecule has 3 atom stereocenters. The topological polar surface area (TPSA) is 29.1 Å². The summed E-state index contributed by atoms with van der Waals surface area (Å²) in [4.78, 5) is 0. The van der Waals surface area contributed by atoms with Gasteiger partial charge in [0.05, 0.1) is 5.25 Å². The normalized spacial score (nSPS) is 25.2. The molecule has 2 rings (SSSR count). The molecule has 1 N–H and O–H groups in total. The summed E-state index contributed by atoms with van der Waals surface area (Å²) in [6.07, 6.45) is 4.66. The fourth-order valence-electron chi connectivity index (χ4n) is 2.65. The van der Waals surface area contributed by atoms with Gasteiger partial charge in [-0.15, -0.1) is 0 Å². The zero-order valence-electron chi connectivity index (χ0n) is 11.1. The summed E-state index contributed by atoms with van der Waals surface area (Å²) in [7, 11) is -0.742. The van der Waals surface area contributed by atoms with Gasteiger partial charge in [0.25, 0.3) is 0 Å². The minimum Gasteiger partial charge on any atom is -0.313 e. The molecule has 100 valence electrons. The van der Waals surface area contributed by atoms with Gasteiger partial charge in [-0.25, -0.2) is 0 Å². The van der Waals surface area contributed by atoms with Crippen LogP contribution < -0.4 is 5.32 Å². The number of nitrogens with one attached hydrogen (secondary N) is 1. The Kier molecular flexibility index (Phi) is 5.39. The van der Waals surface area contributed by atoms with Gasteiger partial charge in [-0.2, -0.15) is 0 Å². The molecule has 1 aromatic rings. The van der Waals surface area contributed by atoms with E-state index in [1.807, 2.05) is 18.2 Å². The van der Waals surface area contributed by atoms with Crippen molar-refractivity contribution >= 4 is 10.8 Å². The highest BCUT2D eigenvalue weighted by Gasteiger charge is 2.31. The summed E-state index contributed by atoms with van der Waals surface area (Å²) in [5.41, 5.74) is 1.19. The Hall–Kier alpha value is -0.670. The molecule has 0 heterocycles. The van der Waals surface area contributed by atoms with Crippen molar-refractivity contribution in [3.8, 4) is 0 Å². The van der Waals surface area contributed by atoms with Crippen LogP contribution >= 0.6 is 0 Å². The second-order valence-electron chi connectivity index (χ2n) is 5.04. The molecule has 0 spiro atoms. The molecule has 0 radical (unpaired) electrons. The maximum Gasteiger partial charge on any atom is 0.0504 e. The van der Waals surface area contributed by atoms with E-state index in [0.717, 1.165) is 19.4 Å². The molecule has 0 aromatic heterocycles. The van der Waals surface area contributed by atoms with E-state index in [-0.39, 0.29) is 0 Å². The summed E-state index contributed by atoms with van der Waals surface area (Å²) < 4.78 is 12.5. The summed E-state index contributed by atoms with van der Waals surface area (Å²) in [5.74, 6) is 0.704. The number of rotatable bonds is 6. The van der Waals surface area contributed by atoms with Crippen LogP contribution in [0.4, 0.5) is 0 Å². The van der Waals surface area contributed by atoms with Crippen LogP contribution in [0.1, 0.15) is 38.2 Å². The third-order valence-corrected chi connectivity index (χ3v) is 5.46. The molecule has 0 amide bonds. The van der Waals surface area contributed by atoms with Crippen molar-refractivity contribution in [1.29, 1.82) is 0 Å². The summed E-state index contributed by atoms with van der Waals surface area (Å²) in [5, 5.41) is 3.90. The molecule has 0 bridgehead atoms. The van der Waals surface area contributed by atoms with Crippen LogP contribution in [0, 0.1) is 0 Å². The largest absolute Gasteiger partial charge is 0.313 e. The van der Waals surface area contributed by atoms with Gasteiger partial charge in [0.1, 0.15) is 0 Å². The number of hydrogen-bond acceptors (Lipinski definition) is 2. The summed E-state index contributed by atoms with van der Waals surface area (Å²) >= 11 is 0. The first-order valence-corrected chi connectivity index (χ1v) is 8.34. The van der Waals surface area contributed by atoms with Crippen molar-refractivity contribution in [1.82, 2.24) is 5.32 Å². The lowest BCUT2D eigenvalue weighted by atomic mass is 10.2. The van der Waals surface area contributed by atoms with E-state index < -0.39 is 10.8 Å². The monoisotopic (exact) mass is 265 g/mol. The van der Waals surface area contributed by atoms with Crippen LogP contribution in [0.2, 0.25) is 0 Å². The molecule has 18 heavy (non-hydrogen) atoms. The standard InChI is InChI=1S/C15H23NOS/c1-2-11-16-14-9-6-10-15(14)18(17)12-13-7-4-3-5-8-13/h3-5,7-8,14-16H,2,6,9-12H2,1H3. The van der Waals surface area contributed by atoms with Crippen LogP contribution in [0.5, 0.6) is 0 Å². The number of hydrogen-bond donors (Lipinski definition) is 1. The molecular weight excluding hydrogens is 242 g/mol. The molecule has 1 saturated carbocycles. The molecule has 1 aliphatic rings. The van der Waals surface area contributed by atoms with E-state index in [2.05, 4.69) is 24.4 Å². The average molecular weight is 265 g/mol. The fourth-order valence-corrected chi connectivity index (χ4v) is 4.41. The Morgan fingerprint density at radius 2 is 2.06 bits per heavy atom. The zero-order valence-corrected chi connectivity index (χ0v) is 11.9. The highest BCUT2D eigenvalue weighted by atomic mass is 32.2. The Labute approximate surface area is 113 Å². The quantitative estimate of drug-likeness (QED) is 0.857. The predicted octanol–water partition coefficient (Wildman–Crippen LogP) is 2.86. The van der Waals surface area contributed by atoms with Gasteiger partial charge >= 0.3 is 0 Å². The fraction of sp³-hybridized carbons (Fsp3) is 0.600. The zero-order chi connectivity index (χ0) is 12.8. The molecule has 2 nitrogen and oxygen atoms in total. The van der Waals surface area contributed by atoms with Crippen molar-refractivity contribution < 1.29 is 4.21 Å². The maximum absolute atomic E-state index is 12.5. The molecule has 1 aromatic carbocycles. The van der Waals surface area contributed by atoms with Crippen LogP contribution in [0.3, 0.4) is 0 Å². The van der Waals surface area contributed by atoms with Crippen molar-refractivity contribution in [3.63, 3.8) is 0 Å². The van der Waals surface area contributed by atoms with E-state index in [4.69, 9.17) is 0 Å². The smallest absolute Gasteiger partial charge is 0.0504 e. The van der Waals surface area contributed by atoms with Gasteiger partial charge in [-0.3, -0.25) is 4.21 Å². The van der Waals surface area contributed by atoms with Crippen LogP contribution in [-0.4, -0.2) is 22.0 Å². The van der Waals surface area contributed by atoms with Crippen LogP contribution in [-0.2, 0) is 16.6 Å². The first kappa shape index (κ1) is 13.8. The first-order chi connectivity index (χ1) is 8.81. The summed E-state index contributed by atoms with van der Waals surface area (Å²) in [6, 6.07) is 10.7. The first-order valence-electron chi connectivity index (χ1n) is 6.95. The minimum atomic E-state index is -0.742. The second kappa shape index (κ2) is 7.05. The Morgan fingerprint density at radius 3 is 2.78 bits per heavy atom. The molecule has 1 fully saturated rings. The van der Waals surface area contributed by atoms with Gasteiger partial charge in [-0.1, -0.05) is 43.7 Å². The van der Waals surface area contributed by atoms with E-state index in [1.54, 1.807) is 0 Å². The molecule has 0 aliphatic heterocycles. The van der Waals surface area contributed by atoms with Gasteiger partial charge in [-0.05, 0) is 31.4 Å². The highest BCUT2D eigenvalue weighted by molar-refractivity contribution is 7.84. The van der Waals surface area contributed by atoms with Gasteiger partial charge in [0.15, 0.2) is 0 Å². The number of benzene rings is 1. The highest BCUT2D eigenvalue weighted by Crippen LogP contribution is 2.25. The van der Waals surface area contributed by atoms with Crippen molar-refractivity contribution in [2.45, 2.75) is 49.7 Å². The maximum atomic E-state index is 12.5. The van der Waals surface area contributed by atoms with Gasteiger partial charge < -0.3 is 5.32 Å². The molecule has 1 aliphatic carbocycles. The Morgan fingerprint density at radius 1 is 1.28 bits per heavy atom. The van der Waals surface area contributed by atoms with E-state index >= 15 is 0 Å². The van der Waals surface area contributed by atoms with E-state index in [9.17, 15) is 4.21 Å². The lowest BCUT2D eigenvalue weighted by molar-refractivity contribution is 0.523. The van der Waals surface area contributed by atoms with Crippen LogP contribution in [0.25, 0.3) is 0 Å². The molecule has 3 heteroatoms. The average Bonchev–Trinajstić information content (AvgIpc) is 2.86. The summed E-state index contributed by atoms with van der Waals surface area (Å²) in [6.45, 7) is 3.22. The molecule has 3 unspecified atom stereocenters. The third kappa shape index (κ3) is 3.66. The lowest BCUT2D eigenvalue weighted by Gasteiger charge is -2.20.